The summed E-state index contributed by atoms with van der Waals surface area (Å²) in [5.41, 5.74) is 6.36. The molecule has 8 heteroatoms. The number of carbonyl (C=O) groups is 2. The van der Waals surface area contributed by atoms with E-state index in [1.165, 1.54) is 41.7 Å². The molecule has 0 saturated carbocycles. The zero-order valence-electron chi connectivity index (χ0n) is 13.3. The van der Waals surface area contributed by atoms with Crippen molar-refractivity contribution in [1.29, 1.82) is 0 Å². The summed E-state index contributed by atoms with van der Waals surface area (Å²) >= 11 is 1.49. The summed E-state index contributed by atoms with van der Waals surface area (Å²) in [5, 5.41) is 15.7. The minimum absolute atomic E-state index is 0.102. The van der Waals surface area contributed by atoms with Crippen LogP contribution in [0.25, 0.3) is 10.4 Å². The molecule has 2 aromatic carbocycles. The van der Waals surface area contributed by atoms with Crippen molar-refractivity contribution in [3.63, 3.8) is 0 Å². The summed E-state index contributed by atoms with van der Waals surface area (Å²) in [6.07, 6.45) is 0. The third-order valence-corrected chi connectivity index (χ3v) is 4.60. The van der Waals surface area contributed by atoms with E-state index in [0.29, 0.717) is 0 Å². The number of rotatable bonds is 5. The molecule has 0 atom stereocenters. The Labute approximate surface area is 152 Å². The molecule has 130 valence electrons. The van der Waals surface area contributed by atoms with Crippen molar-refractivity contribution >= 4 is 34.5 Å². The average Bonchev–Trinajstić information content (AvgIpc) is 3.16. The first kappa shape index (κ1) is 17.3. The Bertz CT molecular complexity index is 982. The van der Waals surface area contributed by atoms with E-state index in [4.69, 9.17) is 5.73 Å². The molecule has 0 spiro atoms. The van der Waals surface area contributed by atoms with E-state index in [9.17, 15) is 19.7 Å². The van der Waals surface area contributed by atoms with Gasteiger partial charge in [0, 0.05) is 22.1 Å². The Morgan fingerprint density at radius 3 is 2.31 bits per heavy atom. The molecule has 3 aromatic rings. The second-order valence-corrected chi connectivity index (χ2v) is 6.31. The van der Waals surface area contributed by atoms with Crippen molar-refractivity contribution in [2.75, 3.05) is 5.32 Å². The first-order chi connectivity index (χ1) is 12.5. The number of nitro benzene ring substituents is 1. The van der Waals surface area contributed by atoms with Crippen molar-refractivity contribution in [1.82, 2.24) is 0 Å². The predicted molar refractivity (Wildman–Crippen MR) is 99.3 cm³/mol. The Hall–Kier alpha value is -3.52. The van der Waals surface area contributed by atoms with Gasteiger partial charge in [-0.05, 0) is 53.4 Å². The van der Waals surface area contributed by atoms with Gasteiger partial charge in [0.1, 0.15) is 5.69 Å². The van der Waals surface area contributed by atoms with Crippen LogP contribution in [-0.2, 0) is 0 Å². The topological polar surface area (TPSA) is 115 Å². The van der Waals surface area contributed by atoms with Gasteiger partial charge < -0.3 is 11.1 Å². The maximum absolute atomic E-state index is 12.4. The molecule has 7 nitrogen and oxygen atoms in total. The maximum atomic E-state index is 12.4. The monoisotopic (exact) mass is 367 g/mol. The molecule has 2 amide bonds. The second-order valence-electron chi connectivity index (χ2n) is 5.36. The number of primary amides is 1. The van der Waals surface area contributed by atoms with Crippen LogP contribution in [0.5, 0.6) is 0 Å². The van der Waals surface area contributed by atoms with E-state index in [1.807, 2.05) is 17.5 Å². The van der Waals surface area contributed by atoms with E-state index >= 15 is 0 Å². The minimum Gasteiger partial charge on any atom is -0.366 e. The van der Waals surface area contributed by atoms with Gasteiger partial charge in [0.05, 0.1) is 4.92 Å². The fraction of sp³-hybridized carbons (Fsp3) is 0. The highest BCUT2D eigenvalue weighted by atomic mass is 32.1. The molecule has 0 aliphatic rings. The molecule has 0 saturated heterocycles. The SMILES string of the molecule is NC(=O)c1ccc(C(=O)Nc2cc(-c3cccs3)ccc2[N+](=O)[O-])cc1. The lowest BCUT2D eigenvalue weighted by atomic mass is 10.1. The van der Waals surface area contributed by atoms with Gasteiger partial charge in [-0.1, -0.05) is 6.07 Å². The zero-order valence-corrected chi connectivity index (χ0v) is 14.2. The molecule has 3 rings (SSSR count). The fourth-order valence-electron chi connectivity index (χ4n) is 2.37. The van der Waals surface area contributed by atoms with Crippen LogP contribution in [0.4, 0.5) is 11.4 Å². The maximum Gasteiger partial charge on any atom is 0.292 e. The molecule has 0 fully saturated rings. The van der Waals surface area contributed by atoms with Gasteiger partial charge in [-0.3, -0.25) is 19.7 Å². The van der Waals surface area contributed by atoms with Crippen LogP contribution in [0.2, 0.25) is 0 Å². The normalized spacial score (nSPS) is 10.3. The van der Waals surface area contributed by atoms with E-state index < -0.39 is 16.7 Å². The molecule has 0 radical (unpaired) electrons. The van der Waals surface area contributed by atoms with Crippen molar-refractivity contribution in [3.05, 3.63) is 81.2 Å². The lowest BCUT2D eigenvalue weighted by Crippen LogP contribution is -2.15. The number of carbonyl (C=O) groups excluding carboxylic acids is 2. The highest BCUT2D eigenvalue weighted by Gasteiger charge is 2.18. The Kier molecular flexibility index (Phi) is 4.76. The van der Waals surface area contributed by atoms with E-state index in [0.717, 1.165) is 10.4 Å². The van der Waals surface area contributed by atoms with Crippen molar-refractivity contribution in [3.8, 4) is 10.4 Å². The number of amides is 2. The van der Waals surface area contributed by atoms with Gasteiger partial charge in [-0.15, -0.1) is 11.3 Å². The Balaban J connectivity index is 1.91. The largest absolute Gasteiger partial charge is 0.366 e. The van der Waals surface area contributed by atoms with E-state index in [1.54, 1.807) is 12.1 Å². The molecular weight excluding hydrogens is 354 g/mol. The number of hydrogen-bond acceptors (Lipinski definition) is 5. The molecular formula is C18H13N3O4S. The summed E-state index contributed by atoms with van der Waals surface area (Å²) in [6.45, 7) is 0. The molecule has 0 aliphatic heterocycles. The third kappa shape index (κ3) is 3.60. The van der Waals surface area contributed by atoms with Crippen LogP contribution < -0.4 is 11.1 Å². The van der Waals surface area contributed by atoms with Crippen LogP contribution >= 0.6 is 11.3 Å². The summed E-state index contributed by atoms with van der Waals surface area (Å²) in [6, 6.07) is 14.1. The van der Waals surface area contributed by atoms with Gasteiger partial charge in [0.15, 0.2) is 0 Å². The first-order valence-corrected chi connectivity index (χ1v) is 8.37. The molecule has 26 heavy (non-hydrogen) atoms. The number of nitrogens with one attached hydrogen (secondary N) is 1. The van der Waals surface area contributed by atoms with Gasteiger partial charge in [0.25, 0.3) is 11.6 Å². The van der Waals surface area contributed by atoms with E-state index in [2.05, 4.69) is 5.32 Å². The summed E-state index contributed by atoms with van der Waals surface area (Å²) < 4.78 is 0. The van der Waals surface area contributed by atoms with Gasteiger partial charge in [-0.2, -0.15) is 0 Å². The second kappa shape index (κ2) is 7.16. The van der Waals surface area contributed by atoms with Crippen molar-refractivity contribution in [2.24, 2.45) is 5.73 Å². The van der Waals surface area contributed by atoms with Crippen LogP contribution in [0, 0.1) is 10.1 Å². The Morgan fingerprint density at radius 1 is 1.04 bits per heavy atom. The van der Waals surface area contributed by atoms with Crippen LogP contribution in [-0.4, -0.2) is 16.7 Å². The smallest absolute Gasteiger partial charge is 0.292 e. The third-order valence-electron chi connectivity index (χ3n) is 3.68. The number of thiophene rings is 1. The minimum atomic E-state index is -0.601. The molecule has 0 bridgehead atoms. The highest BCUT2D eigenvalue weighted by Crippen LogP contribution is 2.32. The van der Waals surface area contributed by atoms with Crippen LogP contribution in [0.1, 0.15) is 20.7 Å². The summed E-state index contributed by atoms with van der Waals surface area (Å²) in [7, 11) is 0. The van der Waals surface area contributed by atoms with Crippen molar-refractivity contribution < 1.29 is 14.5 Å². The van der Waals surface area contributed by atoms with Crippen molar-refractivity contribution in [2.45, 2.75) is 0 Å². The fourth-order valence-corrected chi connectivity index (χ4v) is 3.10. The van der Waals surface area contributed by atoms with Gasteiger partial charge in [-0.25, -0.2) is 0 Å². The molecule has 3 N–H and O–H groups in total. The Morgan fingerprint density at radius 2 is 1.73 bits per heavy atom. The summed E-state index contributed by atoms with van der Waals surface area (Å²) in [5.74, 6) is -1.12. The van der Waals surface area contributed by atoms with Crippen LogP contribution in [0.3, 0.4) is 0 Å². The molecule has 0 aliphatic carbocycles. The average molecular weight is 367 g/mol. The zero-order chi connectivity index (χ0) is 18.7. The number of nitrogens with two attached hydrogens (primary N) is 1. The number of hydrogen-bond donors (Lipinski definition) is 2. The lowest BCUT2D eigenvalue weighted by molar-refractivity contribution is -0.383. The highest BCUT2D eigenvalue weighted by molar-refractivity contribution is 7.13. The first-order valence-electron chi connectivity index (χ1n) is 7.49. The quantitative estimate of drug-likeness (QED) is 0.528. The molecule has 0 unspecified atom stereocenters. The predicted octanol–water partition coefficient (Wildman–Crippen LogP) is 3.67. The number of benzene rings is 2. The number of nitro groups is 1. The van der Waals surface area contributed by atoms with E-state index in [-0.39, 0.29) is 22.5 Å². The lowest BCUT2D eigenvalue weighted by Gasteiger charge is -2.08. The molecule has 1 aromatic heterocycles. The van der Waals surface area contributed by atoms with Gasteiger partial charge >= 0.3 is 0 Å². The molecule has 1 heterocycles. The van der Waals surface area contributed by atoms with Crippen LogP contribution in [0.15, 0.2) is 60.0 Å². The summed E-state index contributed by atoms with van der Waals surface area (Å²) in [4.78, 5) is 35.2. The standard InChI is InChI=1S/C18H13N3O4S/c19-17(22)11-3-5-12(6-4-11)18(23)20-14-10-13(16-2-1-9-26-16)7-8-15(14)21(24)25/h1-10H,(H2,19,22)(H,20,23). The van der Waals surface area contributed by atoms with Gasteiger partial charge in [0.2, 0.25) is 5.91 Å². The number of nitrogens with zero attached hydrogens (tertiary/aromatic N) is 1. The number of anilines is 1.